The van der Waals surface area contributed by atoms with Crippen molar-refractivity contribution in [3.05, 3.63) is 18.1 Å². The van der Waals surface area contributed by atoms with E-state index in [1.54, 1.807) is 12.3 Å². The van der Waals surface area contributed by atoms with Crippen LogP contribution >= 0.6 is 0 Å². The highest BCUT2D eigenvalue weighted by molar-refractivity contribution is 5.68. The highest BCUT2D eigenvalue weighted by Gasteiger charge is 2.51. The third kappa shape index (κ3) is 3.37. The Labute approximate surface area is 154 Å². The first-order valence-corrected chi connectivity index (χ1v) is 9.83. The Kier molecular flexibility index (Phi) is 4.73. The molecule has 4 rings (SSSR count). The van der Waals surface area contributed by atoms with Gasteiger partial charge in [0.25, 0.3) is 0 Å². The Morgan fingerprint density at radius 3 is 2.81 bits per heavy atom. The van der Waals surface area contributed by atoms with Crippen molar-refractivity contribution >= 4 is 11.9 Å². The molecule has 0 aromatic carbocycles. The first kappa shape index (κ1) is 17.5. The van der Waals surface area contributed by atoms with Crippen LogP contribution < -0.4 is 5.73 Å². The summed E-state index contributed by atoms with van der Waals surface area (Å²) in [4.78, 5) is 25.2. The molecule has 7 nitrogen and oxygen atoms in total. The number of aromatic nitrogens is 2. The van der Waals surface area contributed by atoms with Crippen molar-refractivity contribution in [2.45, 2.75) is 51.0 Å². The SMILES string of the molecule is CCOC(=O)N1CCC2(CC(N3CCC(c4nccc(N)n4)CC3)C2)C1. The molecule has 2 aliphatic heterocycles. The van der Waals surface area contributed by atoms with Gasteiger partial charge in [-0.1, -0.05) is 0 Å². The summed E-state index contributed by atoms with van der Waals surface area (Å²) < 4.78 is 5.15. The summed E-state index contributed by atoms with van der Waals surface area (Å²) in [6.07, 6.45) is 7.36. The van der Waals surface area contributed by atoms with Crippen molar-refractivity contribution in [3.8, 4) is 0 Å². The molecule has 1 amide bonds. The van der Waals surface area contributed by atoms with Gasteiger partial charge in [-0.3, -0.25) is 0 Å². The van der Waals surface area contributed by atoms with Gasteiger partial charge in [-0.25, -0.2) is 14.8 Å². The molecular formula is C19H29N5O2. The number of nitrogen functional groups attached to an aromatic ring is 1. The van der Waals surface area contributed by atoms with E-state index in [1.807, 2.05) is 11.8 Å². The fourth-order valence-electron chi connectivity index (χ4n) is 4.94. The third-order valence-electron chi connectivity index (χ3n) is 6.41. The van der Waals surface area contributed by atoms with E-state index >= 15 is 0 Å². The van der Waals surface area contributed by atoms with Crippen LogP contribution in [0.3, 0.4) is 0 Å². The lowest BCUT2D eigenvalue weighted by Crippen LogP contribution is -2.54. The molecule has 1 aromatic heterocycles. The fraction of sp³-hybridized carbons (Fsp3) is 0.737. The standard InChI is InChI=1S/C19H29N5O2/c1-2-26-18(25)24-10-6-19(13-24)11-15(12-19)23-8-4-14(5-9-23)17-21-7-3-16(20)22-17/h3,7,14-15H,2,4-6,8-13H2,1H3,(H2,20,21,22). The summed E-state index contributed by atoms with van der Waals surface area (Å²) in [6.45, 7) is 6.24. The van der Waals surface area contributed by atoms with E-state index in [2.05, 4.69) is 14.9 Å². The maximum absolute atomic E-state index is 11.9. The molecule has 7 heteroatoms. The summed E-state index contributed by atoms with van der Waals surface area (Å²) in [5, 5.41) is 0. The highest BCUT2D eigenvalue weighted by Crippen LogP contribution is 2.50. The van der Waals surface area contributed by atoms with E-state index in [1.165, 1.54) is 12.8 Å². The van der Waals surface area contributed by atoms with Crippen LogP contribution in [0, 0.1) is 5.41 Å². The third-order valence-corrected chi connectivity index (χ3v) is 6.41. The summed E-state index contributed by atoms with van der Waals surface area (Å²) >= 11 is 0. The molecule has 142 valence electrons. The minimum absolute atomic E-state index is 0.143. The quantitative estimate of drug-likeness (QED) is 0.891. The van der Waals surface area contributed by atoms with Crippen LogP contribution in [0.15, 0.2) is 12.3 Å². The van der Waals surface area contributed by atoms with Gasteiger partial charge >= 0.3 is 6.09 Å². The van der Waals surface area contributed by atoms with Gasteiger partial charge in [-0.15, -0.1) is 0 Å². The number of nitrogens with two attached hydrogens (primary N) is 1. The second-order valence-corrected chi connectivity index (χ2v) is 8.08. The smallest absolute Gasteiger partial charge is 0.409 e. The number of hydrogen-bond acceptors (Lipinski definition) is 6. The number of rotatable bonds is 3. The maximum Gasteiger partial charge on any atom is 0.409 e. The van der Waals surface area contributed by atoms with E-state index in [-0.39, 0.29) is 6.09 Å². The Morgan fingerprint density at radius 2 is 2.12 bits per heavy atom. The van der Waals surface area contributed by atoms with Gasteiger partial charge in [-0.05, 0) is 63.6 Å². The van der Waals surface area contributed by atoms with Crippen molar-refractivity contribution in [3.63, 3.8) is 0 Å². The molecule has 0 unspecified atom stereocenters. The van der Waals surface area contributed by atoms with Gasteiger partial charge in [0.1, 0.15) is 11.6 Å². The number of likely N-dealkylation sites (tertiary alicyclic amines) is 2. The van der Waals surface area contributed by atoms with E-state index in [4.69, 9.17) is 10.5 Å². The average molecular weight is 359 g/mol. The maximum atomic E-state index is 11.9. The number of piperidine rings is 1. The molecule has 1 aliphatic carbocycles. The lowest BCUT2D eigenvalue weighted by molar-refractivity contribution is -0.00507. The van der Waals surface area contributed by atoms with Crippen LogP contribution in [0.4, 0.5) is 10.6 Å². The Hall–Kier alpha value is -1.89. The van der Waals surface area contributed by atoms with E-state index in [9.17, 15) is 4.79 Å². The number of carbonyl (C=O) groups excluding carboxylic acids is 1. The molecule has 1 aromatic rings. The zero-order valence-electron chi connectivity index (χ0n) is 15.6. The molecule has 3 fully saturated rings. The first-order chi connectivity index (χ1) is 12.6. The summed E-state index contributed by atoms with van der Waals surface area (Å²) in [5.41, 5.74) is 6.13. The van der Waals surface area contributed by atoms with Crippen molar-refractivity contribution in [2.24, 2.45) is 5.41 Å². The number of anilines is 1. The van der Waals surface area contributed by atoms with Gasteiger partial charge in [0.15, 0.2) is 0 Å². The van der Waals surface area contributed by atoms with E-state index in [0.29, 0.717) is 29.8 Å². The number of hydrogen-bond donors (Lipinski definition) is 1. The van der Waals surface area contributed by atoms with Gasteiger partial charge in [0.2, 0.25) is 0 Å². The number of carbonyl (C=O) groups is 1. The average Bonchev–Trinajstić information content (AvgIpc) is 3.07. The minimum atomic E-state index is -0.143. The van der Waals surface area contributed by atoms with Crippen LogP contribution in [0.5, 0.6) is 0 Å². The molecule has 1 spiro atoms. The molecule has 0 radical (unpaired) electrons. The van der Waals surface area contributed by atoms with Crippen LogP contribution in [0.2, 0.25) is 0 Å². The second-order valence-electron chi connectivity index (χ2n) is 8.08. The number of ether oxygens (including phenoxy) is 1. The molecule has 26 heavy (non-hydrogen) atoms. The minimum Gasteiger partial charge on any atom is -0.450 e. The van der Waals surface area contributed by atoms with E-state index < -0.39 is 0 Å². The molecule has 0 bridgehead atoms. The van der Waals surface area contributed by atoms with E-state index in [0.717, 1.165) is 51.3 Å². The Bertz CT molecular complexity index is 653. The van der Waals surface area contributed by atoms with Gasteiger partial charge in [-0.2, -0.15) is 0 Å². The predicted molar refractivity (Wildman–Crippen MR) is 98.7 cm³/mol. The largest absolute Gasteiger partial charge is 0.450 e. The molecule has 3 aliphatic rings. The Morgan fingerprint density at radius 1 is 1.35 bits per heavy atom. The molecule has 0 atom stereocenters. The number of amides is 1. The highest BCUT2D eigenvalue weighted by atomic mass is 16.6. The van der Waals surface area contributed by atoms with Crippen LogP contribution in [-0.2, 0) is 4.74 Å². The van der Waals surface area contributed by atoms with Crippen LogP contribution in [0.1, 0.15) is 50.8 Å². The molecule has 2 N–H and O–H groups in total. The number of nitrogens with zero attached hydrogens (tertiary/aromatic N) is 4. The van der Waals surface area contributed by atoms with Gasteiger partial charge in [0.05, 0.1) is 6.61 Å². The summed E-state index contributed by atoms with van der Waals surface area (Å²) in [7, 11) is 0. The predicted octanol–water partition coefficient (Wildman–Crippen LogP) is 2.25. The lowest BCUT2D eigenvalue weighted by Gasteiger charge is -2.51. The monoisotopic (exact) mass is 359 g/mol. The fourth-order valence-corrected chi connectivity index (χ4v) is 4.94. The van der Waals surface area contributed by atoms with Crippen molar-refractivity contribution in [2.75, 3.05) is 38.5 Å². The normalized spacial score (nSPS) is 29.7. The van der Waals surface area contributed by atoms with Crippen molar-refractivity contribution < 1.29 is 9.53 Å². The molecular weight excluding hydrogens is 330 g/mol. The zero-order chi connectivity index (χ0) is 18.1. The van der Waals surface area contributed by atoms with Crippen LogP contribution in [0.25, 0.3) is 0 Å². The molecule has 3 heterocycles. The van der Waals surface area contributed by atoms with Gasteiger partial charge < -0.3 is 20.3 Å². The second kappa shape index (κ2) is 7.02. The van der Waals surface area contributed by atoms with Crippen molar-refractivity contribution in [1.82, 2.24) is 19.8 Å². The van der Waals surface area contributed by atoms with Crippen molar-refractivity contribution in [1.29, 1.82) is 0 Å². The zero-order valence-corrected chi connectivity index (χ0v) is 15.6. The first-order valence-electron chi connectivity index (χ1n) is 9.83. The molecule has 1 saturated carbocycles. The summed E-state index contributed by atoms with van der Waals surface area (Å²) in [5.74, 6) is 1.89. The lowest BCUT2D eigenvalue weighted by atomic mass is 9.64. The Balaban J connectivity index is 1.25. The van der Waals surface area contributed by atoms with Crippen LogP contribution in [-0.4, -0.2) is 64.7 Å². The summed E-state index contributed by atoms with van der Waals surface area (Å²) in [6, 6.07) is 2.41. The molecule has 2 saturated heterocycles. The van der Waals surface area contributed by atoms with Gasteiger partial charge in [0, 0.05) is 31.2 Å². The topological polar surface area (TPSA) is 84.6 Å².